The molecule has 0 aromatic carbocycles. The highest BCUT2D eigenvalue weighted by molar-refractivity contribution is 5.89. The van der Waals surface area contributed by atoms with Crippen LogP contribution in [0.2, 0.25) is 0 Å². The molecule has 2 heterocycles. The van der Waals surface area contributed by atoms with E-state index in [0.29, 0.717) is 0 Å². The number of esters is 1. The van der Waals surface area contributed by atoms with Crippen LogP contribution in [0.15, 0.2) is 11.5 Å². The lowest BCUT2D eigenvalue weighted by Gasteiger charge is -2.16. The predicted molar refractivity (Wildman–Crippen MR) is 65.5 cm³/mol. The van der Waals surface area contributed by atoms with Crippen molar-refractivity contribution in [3.05, 3.63) is 11.5 Å². The first-order valence-electron chi connectivity index (χ1n) is 6.73. The minimum Gasteiger partial charge on any atom is -0.505 e. The van der Waals surface area contributed by atoms with Gasteiger partial charge in [0.05, 0.1) is 6.61 Å². The summed E-state index contributed by atoms with van der Waals surface area (Å²) in [7, 11) is 0. The lowest BCUT2D eigenvalue weighted by molar-refractivity contribution is -0.149. The van der Waals surface area contributed by atoms with Crippen molar-refractivity contribution in [1.82, 2.24) is 0 Å². The Labute approximate surface area is 112 Å². The molecule has 6 nitrogen and oxygen atoms in total. The highest BCUT2D eigenvalue weighted by Gasteiger charge is 2.44. The summed E-state index contributed by atoms with van der Waals surface area (Å²) < 4.78 is 15.9. The van der Waals surface area contributed by atoms with Crippen LogP contribution in [-0.4, -0.2) is 41.3 Å². The van der Waals surface area contributed by atoms with Crippen molar-refractivity contribution in [2.75, 3.05) is 6.61 Å². The summed E-state index contributed by atoms with van der Waals surface area (Å²) in [5.74, 6) is -2.12. The number of carbonyl (C=O) groups excluding carboxylic acids is 1. The van der Waals surface area contributed by atoms with E-state index in [9.17, 15) is 15.0 Å². The number of aliphatic hydroxyl groups is 2. The monoisotopic (exact) mass is 272 g/mol. The van der Waals surface area contributed by atoms with E-state index in [1.807, 2.05) is 0 Å². The van der Waals surface area contributed by atoms with Crippen LogP contribution in [0.25, 0.3) is 0 Å². The molecule has 0 amide bonds. The Balaban J connectivity index is 1.78. The molecule has 1 saturated heterocycles. The Bertz CT molecular complexity index is 364. The van der Waals surface area contributed by atoms with E-state index in [1.54, 1.807) is 0 Å². The van der Waals surface area contributed by atoms with Gasteiger partial charge in [0.25, 0.3) is 0 Å². The topological polar surface area (TPSA) is 85.2 Å². The number of unbranched alkanes of at least 4 members (excludes halogenated alkanes) is 3. The molecule has 0 aromatic rings. The van der Waals surface area contributed by atoms with Gasteiger partial charge in [-0.1, -0.05) is 26.2 Å². The van der Waals surface area contributed by atoms with Crippen LogP contribution in [-0.2, 0) is 19.0 Å². The van der Waals surface area contributed by atoms with E-state index in [-0.39, 0.29) is 12.9 Å². The van der Waals surface area contributed by atoms with Crippen molar-refractivity contribution in [3.63, 3.8) is 0 Å². The second-order valence-corrected chi connectivity index (χ2v) is 4.85. The second kappa shape index (κ2) is 6.25. The third-order valence-corrected chi connectivity index (χ3v) is 3.34. The van der Waals surface area contributed by atoms with E-state index in [4.69, 9.17) is 14.2 Å². The Morgan fingerprint density at radius 3 is 2.68 bits per heavy atom. The molecule has 0 saturated carbocycles. The first kappa shape index (κ1) is 14.1. The normalized spacial score (nSPS) is 31.0. The van der Waals surface area contributed by atoms with Crippen molar-refractivity contribution in [2.45, 2.75) is 57.5 Å². The highest BCUT2D eigenvalue weighted by atomic mass is 16.7. The van der Waals surface area contributed by atoms with Crippen LogP contribution < -0.4 is 0 Å². The standard InChI is InChI=1S/C13H20O6/c1-2-3-4-5-6-9-17-7-8(18-9)12-10(14)11(15)13(16)19-12/h8-9,12,14-15H,2-7H2,1H3/t8-,9-,12+/m1/s1. The zero-order valence-electron chi connectivity index (χ0n) is 11.0. The Hall–Kier alpha value is -1.27. The average molecular weight is 272 g/mol. The number of ether oxygens (including phenoxy) is 3. The van der Waals surface area contributed by atoms with E-state index in [0.717, 1.165) is 19.3 Å². The summed E-state index contributed by atoms with van der Waals surface area (Å²) in [6.07, 6.45) is 3.47. The Kier molecular flexibility index (Phi) is 4.66. The molecule has 0 aromatic heterocycles. The van der Waals surface area contributed by atoms with Crippen LogP contribution in [0, 0.1) is 0 Å². The smallest absolute Gasteiger partial charge is 0.377 e. The largest absolute Gasteiger partial charge is 0.505 e. The molecule has 3 atom stereocenters. The van der Waals surface area contributed by atoms with E-state index in [2.05, 4.69) is 6.92 Å². The van der Waals surface area contributed by atoms with E-state index >= 15 is 0 Å². The molecule has 0 aliphatic carbocycles. The third-order valence-electron chi connectivity index (χ3n) is 3.34. The van der Waals surface area contributed by atoms with E-state index < -0.39 is 29.7 Å². The molecule has 2 rings (SSSR count). The number of carbonyl (C=O) groups is 1. The quantitative estimate of drug-likeness (QED) is 0.568. The molecule has 0 spiro atoms. The summed E-state index contributed by atoms with van der Waals surface area (Å²) in [6, 6.07) is 0. The maximum atomic E-state index is 11.1. The van der Waals surface area contributed by atoms with Gasteiger partial charge in [-0.3, -0.25) is 0 Å². The van der Waals surface area contributed by atoms with Crippen LogP contribution in [0.4, 0.5) is 0 Å². The molecular formula is C13H20O6. The fourth-order valence-corrected chi connectivity index (χ4v) is 2.24. The van der Waals surface area contributed by atoms with Gasteiger partial charge >= 0.3 is 5.97 Å². The van der Waals surface area contributed by atoms with Gasteiger partial charge in [-0.25, -0.2) is 4.79 Å². The molecule has 2 aliphatic rings. The fraction of sp³-hybridized carbons (Fsp3) is 0.769. The predicted octanol–water partition coefficient (Wildman–Crippen LogP) is 1.95. The number of rotatable bonds is 6. The molecule has 108 valence electrons. The molecule has 6 heteroatoms. The number of hydrogen-bond donors (Lipinski definition) is 2. The maximum Gasteiger partial charge on any atom is 0.377 e. The van der Waals surface area contributed by atoms with Crippen molar-refractivity contribution in [2.24, 2.45) is 0 Å². The van der Waals surface area contributed by atoms with Gasteiger partial charge in [-0.2, -0.15) is 0 Å². The average Bonchev–Trinajstić information content (AvgIpc) is 2.96. The van der Waals surface area contributed by atoms with Gasteiger partial charge in [-0.15, -0.1) is 0 Å². The van der Waals surface area contributed by atoms with Crippen molar-refractivity contribution in [1.29, 1.82) is 0 Å². The van der Waals surface area contributed by atoms with Crippen LogP contribution in [0.5, 0.6) is 0 Å². The molecule has 2 aliphatic heterocycles. The Morgan fingerprint density at radius 1 is 1.26 bits per heavy atom. The lowest BCUT2D eigenvalue weighted by atomic mass is 10.1. The minimum absolute atomic E-state index is 0.244. The van der Waals surface area contributed by atoms with Crippen molar-refractivity contribution < 1.29 is 29.2 Å². The molecule has 0 radical (unpaired) electrons. The summed E-state index contributed by atoms with van der Waals surface area (Å²) in [5.41, 5.74) is 0. The Morgan fingerprint density at radius 2 is 2.05 bits per heavy atom. The van der Waals surface area contributed by atoms with Gasteiger partial charge < -0.3 is 24.4 Å². The van der Waals surface area contributed by atoms with E-state index in [1.165, 1.54) is 12.8 Å². The summed E-state index contributed by atoms with van der Waals surface area (Å²) in [6.45, 7) is 2.39. The number of hydrogen-bond acceptors (Lipinski definition) is 6. The summed E-state index contributed by atoms with van der Waals surface area (Å²) >= 11 is 0. The third kappa shape index (κ3) is 3.19. The maximum absolute atomic E-state index is 11.1. The molecular weight excluding hydrogens is 252 g/mol. The minimum atomic E-state index is -0.951. The fourth-order valence-electron chi connectivity index (χ4n) is 2.24. The molecule has 0 unspecified atom stereocenters. The van der Waals surface area contributed by atoms with Gasteiger partial charge in [0.2, 0.25) is 5.76 Å². The molecule has 0 bridgehead atoms. The summed E-state index contributed by atoms with van der Waals surface area (Å²) in [5, 5.41) is 18.8. The lowest BCUT2D eigenvalue weighted by Crippen LogP contribution is -2.31. The zero-order chi connectivity index (χ0) is 13.8. The van der Waals surface area contributed by atoms with Crippen LogP contribution in [0.1, 0.15) is 39.0 Å². The highest BCUT2D eigenvalue weighted by Crippen LogP contribution is 2.28. The zero-order valence-corrected chi connectivity index (χ0v) is 11.0. The van der Waals surface area contributed by atoms with Crippen LogP contribution >= 0.6 is 0 Å². The number of cyclic esters (lactones) is 1. The van der Waals surface area contributed by atoms with Gasteiger partial charge in [0.15, 0.2) is 18.2 Å². The van der Waals surface area contributed by atoms with Gasteiger partial charge in [0, 0.05) is 0 Å². The number of aliphatic hydroxyl groups excluding tert-OH is 2. The molecule has 19 heavy (non-hydrogen) atoms. The summed E-state index contributed by atoms with van der Waals surface area (Å²) in [4.78, 5) is 11.1. The SMILES string of the molecule is CCCCCC[C@@H]1OC[C@H]([C@@H]2OC(=O)C(O)=C2O)O1. The van der Waals surface area contributed by atoms with Crippen molar-refractivity contribution in [3.8, 4) is 0 Å². The first-order valence-corrected chi connectivity index (χ1v) is 6.73. The first-order chi connectivity index (χ1) is 9.13. The van der Waals surface area contributed by atoms with Gasteiger partial charge in [0.1, 0.15) is 6.10 Å². The van der Waals surface area contributed by atoms with Crippen molar-refractivity contribution >= 4 is 5.97 Å². The molecule has 2 N–H and O–H groups in total. The van der Waals surface area contributed by atoms with Gasteiger partial charge in [-0.05, 0) is 12.8 Å². The molecule has 1 fully saturated rings. The second-order valence-electron chi connectivity index (χ2n) is 4.85. The van der Waals surface area contributed by atoms with Crippen LogP contribution in [0.3, 0.4) is 0 Å².